The number of nitrogens with zero attached hydrogens (tertiary/aromatic N) is 1. The van der Waals surface area contributed by atoms with Gasteiger partial charge in [0, 0.05) is 12.7 Å². The van der Waals surface area contributed by atoms with Gasteiger partial charge in [0.25, 0.3) is 0 Å². The number of amides is 1. The molecule has 1 amide bonds. The number of hydrogen-bond donors (Lipinski definition) is 1. The summed E-state index contributed by atoms with van der Waals surface area (Å²) in [7, 11) is -2.45. The van der Waals surface area contributed by atoms with E-state index in [9.17, 15) is 17.6 Å². The first-order chi connectivity index (χ1) is 11.6. The van der Waals surface area contributed by atoms with Gasteiger partial charge in [0.05, 0.1) is 11.4 Å². The fraction of sp³-hybridized carbons (Fsp3) is 0.278. The molecule has 0 aliphatic rings. The molecule has 1 N–H and O–H groups in total. The largest absolute Gasteiger partial charge is 0.325 e. The van der Waals surface area contributed by atoms with Gasteiger partial charge in [0.15, 0.2) is 0 Å². The lowest BCUT2D eigenvalue weighted by molar-refractivity contribution is -0.116. The van der Waals surface area contributed by atoms with Crippen LogP contribution in [0.1, 0.15) is 16.7 Å². The van der Waals surface area contributed by atoms with Crippen molar-refractivity contribution < 1.29 is 17.6 Å². The number of likely N-dealkylation sites (N-methyl/N-ethyl adjacent to an activating group) is 1. The normalized spacial score (nSPS) is 11.6. The molecule has 0 unspecified atom stereocenters. The van der Waals surface area contributed by atoms with E-state index in [-0.39, 0.29) is 11.4 Å². The van der Waals surface area contributed by atoms with E-state index >= 15 is 0 Å². The summed E-state index contributed by atoms with van der Waals surface area (Å²) in [6.07, 6.45) is 0. The molecule has 2 rings (SSSR count). The van der Waals surface area contributed by atoms with Gasteiger partial charge in [-0.3, -0.25) is 4.79 Å². The van der Waals surface area contributed by atoms with E-state index in [4.69, 9.17) is 0 Å². The minimum absolute atomic E-state index is 0.132. The highest BCUT2D eigenvalue weighted by molar-refractivity contribution is 7.89. The van der Waals surface area contributed by atoms with Crippen LogP contribution in [-0.4, -0.2) is 32.2 Å². The van der Waals surface area contributed by atoms with Crippen molar-refractivity contribution in [1.82, 2.24) is 4.31 Å². The van der Waals surface area contributed by atoms with Crippen molar-refractivity contribution in [1.29, 1.82) is 0 Å². The fourth-order valence-corrected chi connectivity index (χ4v) is 3.47. The van der Waals surface area contributed by atoms with Gasteiger partial charge in [-0.05, 0) is 61.7 Å². The summed E-state index contributed by atoms with van der Waals surface area (Å²) in [5, 5.41) is 2.54. The second-order valence-electron chi connectivity index (χ2n) is 6.01. The predicted molar refractivity (Wildman–Crippen MR) is 95.5 cm³/mol. The van der Waals surface area contributed by atoms with Crippen molar-refractivity contribution in [2.45, 2.75) is 25.7 Å². The summed E-state index contributed by atoms with van der Waals surface area (Å²) in [5.41, 5.74) is 2.85. The fourth-order valence-electron chi connectivity index (χ4n) is 2.26. The molecule has 0 aliphatic heterocycles. The number of benzene rings is 2. The van der Waals surface area contributed by atoms with Gasteiger partial charge in [0.2, 0.25) is 15.9 Å². The van der Waals surface area contributed by atoms with Crippen LogP contribution < -0.4 is 5.32 Å². The molecule has 0 atom stereocenters. The SMILES string of the molecule is Cc1ccc(S(=O)(=O)N(C)CC(=O)Nc2cc(F)ccc2C)cc1C. The van der Waals surface area contributed by atoms with Crippen LogP contribution in [0, 0.1) is 26.6 Å². The standard InChI is InChI=1S/C18H21FN2O3S/c1-12-6-8-16(9-14(12)3)25(23,24)21(4)11-18(22)20-17-10-15(19)7-5-13(17)2/h5-10H,11H2,1-4H3,(H,20,22). The molecule has 0 fully saturated rings. The number of halogens is 1. The Kier molecular flexibility index (Phi) is 5.59. The number of nitrogens with one attached hydrogen (secondary N) is 1. The number of rotatable bonds is 5. The van der Waals surface area contributed by atoms with Crippen molar-refractivity contribution in [2.24, 2.45) is 0 Å². The Hall–Kier alpha value is -2.25. The first kappa shape index (κ1) is 19.1. The topological polar surface area (TPSA) is 66.5 Å². The Labute approximate surface area is 147 Å². The van der Waals surface area contributed by atoms with Crippen molar-refractivity contribution in [3.05, 3.63) is 58.9 Å². The smallest absolute Gasteiger partial charge is 0.243 e. The molecule has 0 radical (unpaired) electrons. The van der Waals surface area contributed by atoms with Crippen molar-refractivity contribution in [2.75, 3.05) is 18.9 Å². The third kappa shape index (κ3) is 4.43. The zero-order valence-corrected chi connectivity index (χ0v) is 15.4. The van der Waals surface area contributed by atoms with Crippen LogP contribution in [0.3, 0.4) is 0 Å². The van der Waals surface area contributed by atoms with E-state index < -0.39 is 21.7 Å². The molecule has 0 saturated carbocycles. The van der Waals surface area contributed by atoms with Crippen LogP contribution in [0.5, 0.6) is 0 Å². The summed E-state index contributed by atoms with van der Waals surface area (Å²) in [6, 6.07) is 8.86. The first-order valence-electron chi connectivity index (χ1n) is 7.71. The average Bonchev–Trinajstić information content (AvgIpc) is 2.53. The Bertz CT molecular complexity index is 911. The summed E-state index contributed by atoms with van der Waals surface area (Å²) >= 11 is 0. The molecule has 2 aromatic rings. The number of carbonyl (C=O) groups excluding carboxylic acids is 1. The lowest BCUT2D eigenvalue weighted by Crippen LogP contribution is -2.35. The monoisotopic (exact) mass is 364 g/mol. The molecule has 0 aromatic heterocycles. The van der Waals surface area contributed by atoms with Crippen LogP contribution in [0.25, 0.3) is 0 Å². The lowest BCUT2D eigenvalue weighted by atomic mass is 10.1. The molecule has 5 nitrogen and oxygen atoms in total. The molecular formula is C18H21FN2O3S. The van der Waals surface area contributed by atoms with E-state index in [0.717, 1.165) is 15.4 Å². The summed E-state index contributed by atoms with van der Waals surface area (Å²) in [5.74, 6) is -1.01. The van der Waals surface area contributed by atoms with E-state index in [2.05, 4.69) is 5.32 Å². The maximum atomic E-state index is 13.3. The second-order valence-corrected chi connectivity index (χ2v) is 8.06. The molecule has 7 heteroatoms. The molecule has 0 saturated heterocycles. The molecule has 0 heterocycles. The number of sulfonamides is 1. The van der Waals surface area contributed by atoms with Gasteiger partial charge in [-0.25, -0.2) is 12.8 Å². The highest BCUT2D eigenvalue weighted by Gasteiger charge is 2.23. The van der Waals surface area contributed by atoms with Crippen LogP contribution in [0.4, 0.5) is 10.1 Å². The van der Waals surface area contributed by atoms with Gasteiger partial charge in [-0.15, -0.1) is 0 Å². The molecule has 25 heavy (non-hydrogen) atoms. The molecule has 134 valence electrons. The third-order valence-corrected chi connectivity index (χ3v) is 5.83. The lowest BCUT2D eigenvalue weighted by Gasteiger charge is -2.18. The van der Waals surface area contributed by atoms with Crippen LogP contribution in [0.15, 0.2) is 41.3 Å². The maximum Gasteiger partial charge on any atom is 0.243 e. The Morgan fingerprint density at radius 3 is 2.32 bits per heavy atom. The van der Waals surface area contributed by atoms with Crippen LogP contribution in [-0.2, 0) is 14.8 Å². The van der Waals surface area contributed by atoms with E-state index in [1.807, 2.05) is 13.8 Å². The summed E-state index contributed by atoms with van der Waals surface area (Å²) in [6.45, 7) is 5.08. The molecule has 0 aliphatic carbocycles. The second kappa shape index (κ2) is 7.33. The predicted octanol–water partition coefficient (Wildman–Crippen LogP) is 3.01. The molecular weight excluding hydrogens is 343 g/mol. The number of aryl methyl sites for hydroxylation is 3. The van der Waals surface area contributed by atoms with Gasteiger partial charge in [-0.2, -0.15) is 4.31 Å². The number of hydrogen-bond acceptors (Lipinski definition) is 3. The Morgan fingerprint density at radius 2 is 1.68 bits per heavy atom. The maximum absolute atomic E-state index is 13.3. The Balaban J connectivity index is 2.14. The Morgan fingerprint density at radius 1 is 1.04 bits per heavy atom. The number of anilines is 1. The van der Waals surface area contributed by atoms with Crippen molar-refractivity contribution in [3.63, 3.8) is 0 Å². The quantitative estimate of drug-likeness (QED) is 0.887. The molecule has 2 aromatic carbocycles. The van der Waals surface area contributed by atoms with Crippen molar-refractivity contribution in [3.8, 4) is 0 Å². The van der Waals surface area contributed by atoms with Gasteiger partial charge >= 0.3 is 0 Å². The summed E-state index contributed by atoms with van der Waals surface area (Å²) in [4.78, 5) is 12.3. The third-order valence-electron chi connectivity index (χ3n) is 4.03. The minimum Gasteiger partial charge on any atom is -0.325 e. The van der Waals surface area contributed by atoms with E-state index in [1.54, 1.807) is 25.1 Å². The molecule has 0 bridgehead atoms. The van der Waals surface area contributed by atoms with Crippen molar-refractivity contribution >= 4 is 21.6 Å². The average molecular weight is 364 g/mol. The highest BCUT2D eigenvalue weighted by atomic mass is 32.2. The zero-order valence-electron chi connectivity index (χ0n) is 14.6. The van der Waals surface area contributed by atoms with E-state index in [1.165, 1.54) is 25.2 Å². The van der Waals surface area contributed by atoms with Crippen LogP contribution in [0.2, 0.25) is 0 Å². The summed E-state index contributed by atoms with van der Waals surface area (Å²) < 4.78 is 39.4. The van der Waals surface area contributed by atoms with Crippen LogP contribution >= 0.6 is 0 Å². The molecule has 0 spiro atoms. The van der Waals surface area contributed by atoms with Gasteiger partial charge < -0.3 is 5.32 Å². The highest BCUT2D eigenvalue weighted by Crippen LogP contribution is 2.19. The van der Waals surface area contributed by atoms with Gasteiger partial charge in [0.1, 0.15) is 5.82 Å². The first-order valence-corrected chi connectivity index (χ1v) is 9.15. The minimum atomic E-state index is -3.79. The van der Waals surface area contributed by atoms with Gasteiger partial charge in [-0.1, -0.05) is 12.1 Å². The number of carbonyl (C=O) groups is 1. The zero-order chi connectivity index (χ0) is 18.8. The van der Waals surface area contributed by atoms with E-state index in [0.29, 0.717) is 11.3 Å².